The topological polar surface area (TPSA) is 114 Å². The van der Waals surface area contributed by atoms with E-state index in [1.807, 2.05) is 0 Å². The number of nitrogens with one attached hydrogen (secondary N) is 1. The fourth-order valence-corrected chi connectivity index (χ4v) is 3.73. The van der Waals surface area contributed by atoms with Crippen molar-refractivity contribution in [3.63, 3.8) is 0 Å². The standard InChI is InChI=1S/C24H16BrClFN3O5/c1-34-22-10-14(9-18(25)23(22)35-13-15-4-2-3-5-20(15)27)8-16(12-28)24(31)29-17-6-7-19(26)21(11-17)30(32)33/h2-11H,13H2,1H3,(H,29,31)/b16-8+. The van der Waals surface area contributed by atoms with Gasteiger partial charge in [0.15, 0.2) is 11.5 Å². The lowest BCUT2D eigenvalue weighted by Crippen LogP contribution is -2.13. The van der Waals surface area contributed by atoms with Crippen LogP contribution >= 0.6 is 27.5 Å². The van der Waals surface area contributed by atoms with Gasteiger partial charge in [0.05, 0.1) is 16.5 Å². The molecule has 0 aromatic heterocycles. The Bertz CT molecular complexity index is 1370. The minimum Gasteiger partial charge on any atom is -0.493 e. The number of nitriles is 1. The molecule has 0 bridgehead atoms. The molecule has 3 rings (SSSR count). The molecule has 0 atom stereocenters. The van der Waals surface area contributed by atoms with Gasteiger partial charge < -0.3 is 14.8 Å². The van der Waals surface area contributed by atoms with Crippen LogP contribution in [0.25, 0.3) is 6.08 Å². The van der Waals surface area contributed by atoms with Crippen LogP contribution in [0.4, 0.5) is 15.8 Å². The molecule has 178 valence electrons. The number of halogens is 3. The Balaban J connectivity index is 1.84. The van der Waals surface area contributed by atoms with Crippen molar-refractivity contribution in [1.82, 2.24) is 0 Å². The summed E-state index contributed by atoms with van der Waals surface area (Å²) >= 11 is 9.16. The van der Waals surface area contributed by atoms with E-state index in [-0.39, 0.29) is 34.3 Å². The highest BCUT2D eigenvalue weighted by Crippen LogP contribution is 2.38. The highest BCUT2D eigenvalue weighted by atomic mass is 79.9. The van der Waals surface area contributed by atoms with Crippen LogP contribution in [0.1, 0.15) is 11.1 Å². The first-order valence-corrected chi connectivity index (χ1v) is 11.0. The maximum absolute atomic E-state index is 13.9. The summed E-state index contributed by atoms with van der Waals surface area (Å²) in [5, 5.41) is 22.9. The van der Waals surface area contributed by atoms with Crippen LogP contribution in [0.15, 0.2) is 64.6 Å². The zero-order valence-electron chi connectivity index (χ0n) is 18.1. The number of carbonyl (C=O) groups is 1. The number of benzene rings is 3. The van der Waals surface area contributed by atoms with Crippen molar-refractivity contribution in [2.75, 3.05) is 12.4 Å². The van der Waals surface area contributed by atoms with Crippen molar-refractivity contribution < 1.29 is 23.6 Å². The Morgan fingerprint density at radius 3 is 2.69 bits per heavy atom. The van der Waals surface area contributed by atoms with Crippen molar-refractivity contribution in [1.29, 1.82) is 5.26 Å². The second kappa shape index (κ2) is 11.5. The SMILES string of the molecule is COc1cc(/C=C(\C#N)C(=O)Nc2ccc(Cl)c([N+](=O)[O-])c2)cc(Br)c1OCc1ccccc1F. The Morgan fingerprint density at radius 2 is 2.03 bits per heavy atom. The van der Waals surface area contributed by atoms with E-state index in [0.717, 1.165) is 6.07 Å². The minimum atomic E-state index is -0.779. The van der Waals surface area contributed by atoms with Gasteiger partial charge in [-0.05, 0) is 57.9 Å². The summed E-state index contributed by atoms with van der Waals surface area (Å²) in [7, 11) is 1.41. The number of nitro benzene ring substituents is 1. The first kappa shape index (κ1) is 25.7. The highest BCUT2D eigenvalue weighted by molar-refractivity contribution is 9.10. The number of hydrogen-bond donors (Lipinski definition) is 1. The lowest BCUT2D eigenvalue weighted by molar-refractivity contribution is -0.384. The molecule has 8 nitrogen and oxygen atoms in total. The molecule has 0 fully saturated rings. The van der Waals surface area contributed by atoms with Crippen LogP contribution in [-0.4, -0.2) is 17.9 Å². The summed E-state index contributed by atoms with van der Waals surface area (Å²) in [4.78, 5) is 23.0. The molecule has 3 aromatic rings. The van der Waals surface area contributed by atoms with E-state index in [4.69, 9.17) is 21.1 Å². The van der Waals surface area contributed by atoms with Crippen LogP contribution < -0.4 is 14.8 Å². The largest absolute Gasteiger partial charge is 0.493 e. The Kier molecular flexibility index (Phi) is 8.41. The van der Waals surface area contributed by atoms with Crippen LogP contribution in [-0.2, 0) is 11.4 Å². The van der Waals surface area contributed by atoms with Gasteiger partial charge >= 0.3 is 0 Å². The van der Waals surface area contributed by atoms with Gasteiger partial charge in [-0.1, -0.05) is 29.8 Å². The summed E-state index contributed by atoms with van der Waals surface area (Å²) in [6.45, 7) is -0.0457. The Hall–Kier alpha value is -3.94. The number of nitrogens with zero attached hydrogens (tertiary/aromatic N) is 2. The van der Waals surface area contributed by atoms with Gasteiger partial charge in [0, 0.05) is 17.3 Å². The van der Waals surface area contributed by atoms with Crippen molar-refractivity contribution >= 4 is 50.9 Å². The van der Waals surface area contributed by atoms with Gasteiger partial charge in [-0.15, -0.1) is 0 Å². The molecule has 0 aliphatic carbocycles. The van der Waals surface area contributed by atoms with Crippen molar-refractivity contribution in [3.8, 4) is 17.6 Å². The number of carbonyl (C=O) groups excluding carboxylic acids is 1. The number of anilines is 1. The molecule has 3 aromatic carbocycles. The predicted octanol–water partition coefficient (Wildman–Crippen LogP) is 6.28. The van der Waals surface area contributed by atoms with Gasteiger partial charge in [0.1, 0.15) is 29.1 Å². The van der Waals surface area contributed by atoms with E-state index in [2.05, 4.69) is 21.2 Å². The summed E-state index contributed by atoms with van der Waals surface area (Å²) in [5.74, 6) is -0.589. The number of methoxy groups -OCH3 is 1. The fourth-order valence-electron chi connectivity index (χ4n) is 2.97. The van der Waals surface area contributed by atoms with Gasteiger partial charge in [-0.3, -0.25) is 14.9 Å². The van der Waals surface area contributed by atoms with Gasteiger partial charge in [0.25, 0.3) is 11.6 Å². The smallest absolute Gasteiger partial charge is 0.289 e. The number of hydrogen-bond acceptors (Lipinski definition) is 6. The van der Waals surface area contributed by atoms with Crippen LogP contribution in [0.3, 0.4) is 0 Å². The molecule has 0 radical (unpaired) electrons. The van der Waals surface area contributed by atoms with Gasteiger partial charge in [0.2, 0.25) is 0 Å². The molecule has 0 spiro atoms. The molecule has 0 aliphatic rings. The average Bonchev–Trinajstić information content (AvgIpc) is 2.83. The normalized spacial score (nSPS) is 10.9. The molecular weight excluding hydrogens is 545 g/mol. The third kappa shape index (κ3) is 6.35. The van der Waals surface area contributed by atoms with Crippen LogP contribution in [0.5, 0.6) is 11.5 Å². The van der Waals surface area contributed by atoms with Gasteiger partial charge in [-0.25, -0.2) is 4.39 Å². The second-order valence-corrected chi connectivity index (χ2v) is 8.22. The Morgan fingerprint density at radius 1 is 1.29 bits per heavy atom. The molecule has 35 heavy (non-hydrogen) atoms. The molecule has 1 N–H and O–H groups in total. The second-order valence-electron chi connectivity index (χ2n) is 6.96. The zero-order valence-corrected chi connectivity index (χ0v) is 20.4. The van der Waals surface area contributed by atoms with Crippen molar-refractivity contribution in [2.24, 2.45) is 0 Å². The number of ether oxygens (including phenoxy) is 2. The maximum atomic E-state index is 13.9. The summed E-state index contributed by atoms with van der Waals surface area (Å²) in [6, 6.07) is 14.9. The summed E-state index contributed by atoms with van der Waals surface area (Å²) < 4.78 is 25.4. The Labute approximate surface area is 212 Å². The molecule has 11 heteroatoms. The molecule has 0 unspecified atom stereocenters. The van der Waals surface area contributed by atoms with Gasteiger partial charge in [-0.2, -0.15) is 5.26 Å². The fraction of sp³-hybridized carbons (Fsp3) is 0.0833. The third-order valence-corrected chi connectivity index (χ3v) is 5.57. The molecule has 1 amide bonds. The third-order valence-electron chi connectivity index (χ3n) is 4.66. The molecular formula is C24H16BrClFN3O5. The predicted molar refractivity (Wildman–Crippen MR) is 132 cm³/mol. The highest BCUT2D eigenvalue weighted by Gasteiger charge is 2.17. The van der Waals surface area contributed by atoms with Crippen molar-refractivity contribution in [2.45, 2.75) is 6.61 Å². The first-order valence-electron chi connectivity index (χ1n) is 9.84. The number of rotatable bonds is 8. The minimum absolute atomic E-state index is 0.0457. The first-order chi connectivity index (χ1) is 16.7. The quantitative estimate of drug-likeness (QED) is 0.150. The van der Waals surface area contributed by atoms with E-state index in [9.17, 15) is 24.6 Å². The average molecular weight is 561 g/mol. The molecule has 0 aliphatic heterocycles. The van der Waals surface area contributed by atoms with E-state index in [0.29, 0.717) is 21.3 Å². The van der Waals surface area contributed by atoms with Crippen molar-refractivity contribution in [3.05, 3.63) is 96.7 Å². The van der Waals surface area contributed by atoms with E-state index in [1.54, 1.807) is 36.4 Å². The lowest BCUT2D eigenvalue weighted by atomic mass is 10.1. The monoisotopic (exact) mass is 559 g/mol. The summed E-state index contributed by atoms with van der Waals surface area (Å²) in [5.41, 5.74) is 0.239. The van der Waals surface area contributed by atoms with E-state index in [1.165, 1.54) is 31.4 Å². The van der Waals surface area contributed by atoms with Crippen LogP contribution in [0.2, 0.25) is 5.02 Å². The maximum Gasteiger partial charge on any atom is 0.289 e. The zero-order chi connectivity index (χ0) is 25.5. The molecule has 0 saturated carbocycles. The lowest BCUT2D eigenvalue weighted by Gasteiger charge is -2.14. The molecule has 0 heterocycles. The number of nitro groups is 1. The molecule has 0 saturated heterocycles. The van der Waals surface area contributed by atoms with E-state index >= 15 is 0 Å². The van der Waals surface area contributed by atoms with Crippen LogP contribution in [0, 0.1) is 27.3 Å². The van der Waals surface area contributed by atoms with E-state index < -0.39 is 16.6 Å². The number of amides is 1. The summed E-state index contributed by atoms with van der Waals surface area (Å²) in [6.07, 6.45) is 1.31.